The van der Waals surface area contributed by atoms with Crippen LogP contribution in [0.3, 0.4) is 0 Å². The van der Waals surface area contributed by atoms with E-state index in [1.807, 2.05) is 0 Å². The van der Waals surface area contributed by atoms with Crippen LogP contribution in [0.2, 0.25) is 0 Å². The highest BCUT2D eigenvalue weighted by Gasteiger charge is 2.11. The SMILES string of the molecule is CCOC(=O)/C(C#N)=C/c1ccc(OCC(N)=O)c(OC)c1. The van der Waals surface area contributed by atoms with Gasteiger partial charge in [-0.05, 0) is 30.7 Å². The third-order valence-corrected chi connectivity index (χ3v) is 2.48. The molecule has 0 heterocycles. The minimum Gasteiger partial charge on any atom is -0.493 e. The summed E-state index contributed by atoms with van der Waals surface area (Å²) in [4.78, 5) is 22.3. The zero-order valence-corrected chi connectivity index (χ0v) is 12.3. The van der Waals surface area contributed by atoms with Gasteiger partial charge in [0.15, 0.2) is 18.1 Å². The van der Waals surface area contributed by atoms with Crippen molar-refractivity contribution < 1.29 is 23.8 Å². The lowest BCUT2D eigenvalue weighted by molar-refractivity contribution is -0.137. The van der Waals surface area contributed by atoms with Crippen LogP contribution in [0.1, 0.15) is 12.5 Å². The fourth-order valence-corrected chi connectivity index (χ4v) is 1.55. The molecule has 0 aliphatic rings. The van der Waals surface area contributed by atoms with Gasteiger partial charge in [-0.1, -0.05) is 6.07 Å². The van der Waals surface area contributed by atoms with E-state index in [9.17, 15) is 9.59 Å². The maximum Gasteiger partial charge on any atom is 0.348 e. The second-order valence-corrected chi connectivity index (χ2v) is 4.06. The van der Waals surface area contributed by atoms with E-state index >= 15 is 0 Å². The second-order valence-electron chi connectivity index (χ2n) is 4.06. The van der Waals surface area contributed by atoms with Crippen molar-refractivity contribution in [2.24, 2.45) is 5.73 Å². The van der Waals surface area contributed by atoms with Gasteiger partial charge in [0.2, 0.25) is 0 Å². The summed E-state index contributed by atoms with van der Waals surface area (Å²) in [5, 5.41) is 8.98. The van der Waals surface area contributed by atoms with Crippen molar-refractivity contribution in [2.45, 2.75) is 6.92 Å². The van der Waals surface area contributed by atoms with E-state index in [-0.39, 0.29) is 18.8 Å². The Bertz CT molecular complexity index is 631. The molecular weight excluding hydrogens is 288 g/mol. The molecule has 0 atom stereocenters. The second kappa shape index (κ2) is 8.32. The van der Waals surface area contributed by atoms with Gasteiger partial charge in [0.25, 0.3) is 5.91 Å². The first-order valence-corrected chi connectivity index (χ1v) is 6.39. The minimum absolute atomic E-state index is 0.130. The number of nitrogens with two attached hydrogens (primary N) is 1. The summed E-state index contributed by atoms with van der Waals surface area (Å²) >= 11 is 0. The number of hydrogen-bond donors (Lipinski definition) is 1. The van der Waals surface area contributed by atoms with Gasteiger partial charge in [-0.3, -0.25) is 4.79 Å². The number of amides is 1. The Labute approximate surface area is 127 Å². The largest absolute Gasteiger partial charge is 0.493 e. The Morgan fingerprint density at radius 2 is 2.09 bits per heavy atom. The van der Waals surface area contributed by atoms with Crippen LogP contribution < -0.4 is 15.2 Å². The molecule has 7 nitrogen and oxygen atoms in total. The van der Waals surface area contributed by atoms with Crippen LogP contribution >= 0.6 is 0 Å². The Kier molecular flexibility index (Phi) is 6.44. The van der Waals surface area contributed by atoms with Gasteiger partial charge in [-0.25, -0.2) is 4.79 Å². The summed E-state index contributed by atoms with van der Waals surface area (Å²) in [7, 11) is 1.43. The molecule has 0 fully saturated rings. The molecule has 0 bridgehead atoms. The summed E-state index contributed by atoms with van der Waals surface area (Å²) in [5.74, 6) is -0.637. The normalized spacial score (nSPS) is 10.5. The first kappa shape index (κ1) is 17.0. The van der Waals surface area contributed by atoms with Gasteiger partial charge in [0.1, 0.15) is 11.6 Å². The van der Waals surface area contributed by atoms with Gasteiger partial charge >= 0.3 is 5.97 Å². The molecule has 1 rings (SSSR count). The van der Waals surface area contributed by atoms with E-state index in [2.05, 4.69) is 0 Å². The molecule has 7 heteroatoms. The Morgan fingerprint density at radius 1 is 1.36 bits per heavy atom. The molecule has 22 heavy (non-hydrogen) atoms. The maximum atomic E-state index is 11.6. The fraction of sp³-hybridized carbons (Fsp3) is 0.267. The van der Waals surface area contributed by atoms with Crippen LogP contribution in [0.25, 0.3) is 6.08 Å². The van der Waals surface area contributed by atoms with Crippen molar-refractivity contribution in [1.82, 2.24) is 0 Å². The number of carbonyl (C=O) groups is 2. The van der Waals surface area contributed by atoms with Gasteiger partial charge < -0.3 is 19.9 Å². The Hall–Kier alpha value is -3.01. The zero-order valence-electron chi connectivity index (χ0n) is 12.3. The van der Waals surface area contributed by atoms with E-state index in [0.717, 1.165) is 0 Å². The Morgan fingerprint density at radius 3 is 2.64 bits per heavy atom. The topological polar surface area (TPSA) is 112 Å². The van der Waals surface area contributed by atoms with E-state index in [1.54, 1.807) is 31.2 Å². The number of ether oxygens (including phenoxy) is 3. The first-order valence-electron chi connectivity index (χ1n) is 6.39. The smallest absolute Gasteiger partial charge is 0.348 e. The van der Waals surface area contributed by atoms with Crippen molar-refractivity contribution in [3.05, 3.63) is 29.3 Å². The predicted molar refractivity (Wildman–Crippen MR) is 77.9 cm³/mol. The lowest BCUT2D eigenvalue weighted by Gasteiger charge is -2.10. The minimum atomic E-state index is -0.696. The molecule has 1 amide bonds. The molecule has 0 saturated heterocycles. The number of methoxy groups -OCH3 is 1. The zero-order chi connectivity index (χ0) is 16.5. The van der Waals surface area contributed by atoms with Crippen LogP contribution in [0, 0.1) is 11.3 Å². The number of carbonyl (C=O) groups excluding carboxylic acids is 2. The maximum absolute atomic E-state index is 11.6. The highest BCUT2D eigenvalue weighted by molar-refractivity contribution is 5.97. The molecule has 0 unspecified atom stereocenters. The quantitative estimate of drug-likeness (QED) is 0.457. The third-order valence-electron chi connectivity index (χ3n) is 2.48. The standard InChI is InChI=1S/C15H16N2O5/c1-3-21-15(19)11(8-16)6-10-4-5-12(13(7-10)20-2)22-9-14(17)18/h4-7H,3,9H2,1-2H3,(H2,17,18)/b11-6+. The highest BCUT2D eigenvalue weighted by Crippen LogP contribution is 2.28. The summed E-state index contributed by atoms with van der Waals surface area (Å²) in [6, 6.07) is 6.50. The molecular formula is C15H16N2O5. The predicted octanol–water partition coefficient (Wildman–Crippen LogP) is 1.03. The summed E-state index contributed by atoms with van der Waals surface area (Å²) in [5.41, 5.74) is 5.42. The van der Waals surface area contributed by atoms with Crippen molar-refractivity contribution in [3.8, 4) is 17.6 Å². The Balaban J connectivity index is 3.04. The molecule has 0 saturated carbocycles. The lowest BCUT2D eigenvalue weighted by atomic mass is 10.1. The van der Waals surface area contributed by atoms with Crippen LogP contribution in [0.5, 0.6) is 11.5 Å². The van der Waals surface area contributed by atoms with Crippen LogP contribution in [-0.4, -0.2) is 32.2 Å². The number of primary amides is 1. The van der Waals surface area contributed by atoms with E-state index < -0.39 is 11.9 Å². The molecule has 0 radical (unpaired) electrons. The van der Waals surface area contributed by atoms with Crippen LogP contribution in [-0.2, 0) is 14.3 Å². The number of nitriles is 1. The number of nitrogens with zero attached hydrogens (tertiary/aromatic N) is 1. The van der Waals surface area contributed by atoms with Crippen molar-refractivity contribution in [2.75, 3.05) is 20.3 Å². The molecule has 1 aromatic carbocycles. The van der Waals surface area contributed by atoms with Gasteiger partial charge in [-0.15, -0.1) is 0 Å². The average molecular weight is 304 g/mol. The van der Waals surface area contributed by atoms with E-state index in [4.69, 9.17) is 25.2 Å². The van der Waals surface area contributed by atoms with Gasteiger partial charge in [-0.2, -0.15) is 5.26 Å². The highest BCUT2D eigenvalue weighted by atomic mass is 16.5. The molecule has 0 aliphatic heterocycles. The molecule has 116 valence electrons. The van der Waals surface area contributed by atoms with E-state index in [0.29, 0.717) is 17.1 Å². The molecule has 0 aliphatic carbocycles. The van der Waals surface area contributed by atoms with Crippen molar-refractivity contribution >= 4 is 18.0 Å². The van der Waals surface area contributed by atoms with E-state index in [1.165, 1.54) is 13.2 Å². The molecule has 0 spiro atoms. The fourth-order valence-electron chi connectivity index (χ4n) is 1.55. The first-order chi connectivity index (χ1) is 10.5. The van der Waals surface area contributed by atoms with Crippen LogP contribution in [0.15, 0.2) is 23.8 Å². The number of esters is 1. The monoisotopic (exact) mass is 304 g/mol. The van der Waals surface area contributed by atoms with Crippen molar-refractivity contribution in [1.29, 1.82) is 5.26 Å². The third kappa shape index (κ3) is 4.83. The molecule has 0 aromatic heterocycles. The number of benzene rings is 1. The number of rotatable bonds is 7. The summed E-state index contributed by atoms with van der Waals surface area (Å²) in [6.07, 6.45) is 1.37. The summed E-state index contributed by atoms with van der Waals surface area (Å²) < 4.78 is 15.1. The van der Waals surface area contributed by atoms with Crippen LogP contribution in [0.4, 0.5) is 0 Å². The summed E-state index contributed by atoms with van der Waals surface area (Å²) in [6.45, 7) is 1.56. The lowest BCUT2D eigenvalue weighted by Crippen LogP contribution is -2.20. The van der Waals surface area contributed by atoms with Crippen molar-refractivity contribution in [3.63, 3.8) is 0 Å². The average Bonchev–Trinajstić information content (AvgIpc) is 2.50. The van der Waals surface area contributed by atoms with Gasteiger partial charge in [0, 0.05) is 0 Å². The molecule has 1 aromatic rings. The number of hydrogen-bond acceptors (Lipinski definition) is 6. The van der Waals surface area contributed by atoms with Gasteiger partial charge in [0.05, 0.1) is 13.7 Å². The molecule has 2 N–H and O–H groups in total.